The van der Waals surface area contributed by atoms with Crippen molar-refractivity contribution in [3.05, 3.63) is 30.3 Å². The lowest BCUT2D eigenvalue weighted by Gasteiger charge is -1.95. The topological polar surface area (TPSA) is 38.7 Å². The van der Waals surface area contributed by atoms with E-state index < -0.39 is 5.97 Å². The molecule has 3 nitrogen and oxygen atoms in total. The van der Waals surface area contributed by atoms with E-state index in [1.54, 1.807) is 24.3 Å². The lowest BCUT2D eigenvalue weighted by Crippen LogP contribution is -2.08. The molecule has 0 unspecified atom stereocenters. The molecule has 13 heavy (non-hydrogen) atoms. The minimum absolute atomic E-state index is 0.172. The van der Waals surface area contributed by atoms with E-state index in [2.05, 4.69) is 9.73 Å². The number of ether oxygens (including phenoxy) is 1. The van der Waals surface area contributed by atoms with Crippen molar-refractivity contribution in [1.82, 2.24) is 0 Å². The van der Waals surface area contributed by atoms with Gasteiger partial charge in [-0.2, -0.15) is 0 Å². The number of para-hydroxylation sites is 1. The Balaban J connectivity index is 2.83. The maximum atomic E-state index is 10.8. The van der Waals surface area contributed by atoms with Crippen molar-refractivity contribution in [1.29, 1.82) is 0 Å². The molecule has 0 saturated carbocycles. The molecule has 0 heterocycles. The summed E-state index contributed by atoms with van der Waals surface area (Å²) >= 11 is 5.54. The molecular weight excluding hydrogens is 190 g/mol. The van der Waals surface area contributed by atoms with Gasteiger partial charge in [0.1, 0.15) is 0 Å². The zero-order chi connectivity index (χ0) is 9.68. The molecule has 4 heteroatoms. The minimum Gasteiger partial charge on any atom is -0.464 e. The van der Waals surface area contributed by atoms with Gasteiger partial charge < -0.3 is 4.74 Å². The summed E-state index contributed by atoms with van der Waals surface area (Å²) in [5.41, 5.74) is 0.623. The Kier molecular flexibility index (Phi) is 3.46. The van der Waals surface area contributed by atoms with Gasteiger partial charge >= 0.3 is 5.97 Å². The summed E-state index contributed by atoms with van der Waals surface area (Å²) in [6, 6.07) is 8.95. The molecule has 0 aromatic heterocycles. The maximum absolute atomic E-state index is 10.8. The highest BCUT2D eigenvalue weighted by Crippen LogP contribution is 2.11. The number of rotatable bonds is 2. The molecule has 0 saturated heterocycles. The lowest BCUT2D eigenvalue weighted by molar-refractivity contribution is -0.132. The van der Waals surface area contributed by atoms with Gasteiger partial charge in [-0.05, 0) is 12.1 Å². The number of aliphatic imine (C=N–C) groups is 1. The van der Waals surface area contributed by atoms with E-state index in [-0.39, 0.29) is 5.17 Å². The van der Waals surface area contributed by atoms with E-state index in [0.717, 1.165) is 0 Å². The number of nitrogens with zero attached hydrogens (tertiary/aromatic N) is 1. The van der Waals surface area contributed by atoms with E-state index >= 15 is 0 Å². The first-order valence-corrected chi connectivity index (χ1v) is 3.99. The fourth-order valence-corrected chi connectivity index (χ4v) is 0.920. The summed E-state index contributed by atoms with van der Waals surface area (Å²) in [6.07, 6.45) is 0. The minimum atomic E-state index is -0.634. The molecule has 0 fully saturated rings. The van der Waals surface area contributed by atoms with Crippen LogP contribution in [-0.4, -0.2) is 18.2 Å². The van der Waals surface area contributed by atoms with Crippen LogP contribution in [0.4, 0.5) is 5.69 Å². The number of carbonyl (C=O) groups is 1. The number of esters is 1. The van der Waals surface area contributed by atoms with Crippen LogP contribution in [0.1, 0.15) is 0 Å². The number of halogens is 1. The highest BCUT2D eigenvalue weighted by atomic mass is 35.5. The summed E-state index contributed by atoms with van der Waals surface area (Å²) < 4.78 is 4.38. The van der Waals surface area contributed by atoms with Gasteiger partial charge in [0.15, 0.2) is 0 Å². The SMILES string of the molecule is COC(=O)C(Cl)=Nc1ccccc1. The van der Waals surface area contributed by atoms with E-state index in [4.69, 9.17) is 11.6 Å². The van der Waals surface area contributed by atoms with Crippen molar-refractivity contribution < 1.29 is 9.53 Å². The third-order valence-corrected chi connectivity index (χ3v) is 1.58. The van der Waals surface area contributed by atoms with Crippen molar-refractivity contribution in [3.8, 4) is 0 Å². The van der Waals surface area contributed by atoms with Crippen LogP contribution in [0.3, 0.4) is 0 Å². The number of benzene rings is 1. The van der Waals surface area contributed by atoms with Gasteiger partial charge in [-0.15, -0.1) is 0 Å². The van der Waals surface area contributed by atoms with Crippen LogP contribution in [0, 0.1) is 0 Å². The van der Waals surface area contributed by atoms with Crippen LogP contribution in [0.25, 0.3) is 0 Å². The third kappa shape index (κ3) is 2.87. The van der Waals surface area contributed by atoms with Crippen LogP contribution in [0.15, 0.2) is 35.3 Å². The number of hydrogen-bond acceptors (Lipinski definition) is 3. The van der Waals surface area contributed by atoms with Crippen molar-refractivity contribution in [3.63, 3.8) is 0 Å². The molecule has 0 N–H and O–H groups in total. The van der Waals surface area contributed by atoms with Crippen molar-refractivity contribution >= 4 is 28.4 Å². The van der Waals surface area contributed by atoms with Crippen LogP contribution >= 0.6 is 11.6 Å². The Morgan fingerprint density at radius 1 is 1.38 bits per heavy atom. The normalized spacial score (nSPS) is 11.1. The van der Waals surface area contributed by atoms with Crippen molar-refractivity contribution in [2.45, 2.75) is 0 Å². The van der Waals surface area contributed by atoms with E-state index in [0.29, 0.717) is 5.69 Å². The third-order valence-electron chi connectivity index (χ3n) is 1.34. The molecule has 0 aliphatic rings. The molecule has 0 spiro atoms. The Hall–Kier alpha value is -1.35. The zero-order valence-electron chi connectivity index (χ0n) is 7.03. The van der Waals surface area contributed by atoms with E-state index in [9.17, 15) is 4.79 Å². The monoisotopic (exact) mass is 197 g/mol. The largest absolute Gasteiger partial charge is 0.464 e. The van der Waals surface area contributed by atoms with E-state index in [1.807, 2.05) is 6.07 Å². The summed E-state index contributed by atoms with van der Waals surface area (Å²) in [6.45, 7) is 0. The van der Waals surface area contributed by atoms with Crippen LogP contribution in [0.5, 0.6) is 0 Å². The highest BCUT2D eigenvalue weighted by Gasteiger charge is 2.06. The van der Waals surface area contributed by atoms with Gasteiger partial charge in [0.05, 0.1) is 12.8 Å². The summed E-state index contributed by atoms with van der Waals surface area (Å²) in [7, 11) is 1.26. The second-order valence-electron chi connectivity index (χ2n) is 2.23. The predicted octanol–water partition coefficient (Wildman–Crippen LogP) is 2.13. The number of hydrogen-bond donors (Lipinski definition) is 0. The van der Waals surface area contributed by atoms with Crippen LogP contribution in [0.2, 0.25) is 0 Å². The molecule has 0 atom stereocenters. The molecule has 1 aromatic carbocycles. The first kappa shape index (κ1) is 9.74. The van der Waals surface area contributed by atoms with Gasteiger partial charge in [-0.3, -0.25) is 0 Å². The average Bonchev–Trinajstić information content (AvgIpc) is 2.18. The van der Waals surface area contributed by atoms with E-state index in [1.165, 1.54) is 7.11 Å². The molecule has 0 radical (unpaired) electrons. The van der Waals surface area contributed by atoms with Gasteiger partial charge in [0, 0.05) is 0 Å². The highest BCUT2D eigenvalue weighted by molar-refractivity contribution is 6.82. The van der Waals surface area contributed by atoms with Gasteiger partial charge in [0.2, 0.25) is 5.17 Å². The molecule has 0 amide bonds. The number of carbonyl (C=O) groups excluding carboxylic acids is 1. The van der Waals surface area contributed by atoms with Gasteiger partial charge in [-0.1, -0.05) is 29.8 Å². The summed E-state index contributed by atoms with van der Waals surface area (Å²) in [5.74, 6) is -0.634. The summed E-state index contributed by atoms with van der Waals surface area (Å²) in [5, 5.41) is -0.172. The Morgan fingerprint density at radius 3 is 2.54 bits per heavy atom. The molecule has 0 aliphatic heterocycles. The quantitative estimate of drug-likeness (QED) is 0.538. The van der Waals surface area contributed by atoms with Crippen molar-refractivity contribution in [2.75, 3.05) is 7.11 Å². The standard InChI is InChI=1S/C9H8ClNO2/c1-13-9(12)8(10)11-7-5-3-2-4-6-7/h2-6H,1H3. The fourth-order valence-electron chi connectivity index (χ4n) is 0.746. The summed E-state index contributed by atoms with van der Waals surface area (Å²) in [4.78, 5) is 14.7. The second-order valence-corrected chi connectivity index (χ2v) is 2.59. The first-order chi connectivity index (χ1) is 6.24. The average molecular weight is 198 g/mol. The lowest BCUT2D eigenvalue weighted by atomic mass is 10.3. The molecule has 1 rings (SSSR count). The molecule has 68 valence electrons. The molecule has 0 bridgehead atoms. The zero-order valence-corrected chi connectivity index (χ0v) is 7.78. The van der Waals surface area contributed by atoms with Crippen LogP contribution in [-0.2, 0) is 9.53 Å². The Morgan fingerprint density at radius 2 is 2.00 bits per heavy atom. The molecule has 0 aliphatic carbocycles. The van der Waals surface area contributed by atoms with Crippen molar-refractivity contribution in [2.24, 2.45) is 4.99 Å². The first-order valence-electron chi connectivity index (χ1n) is 3.61. The smallest absolute Gasteiger partial charge is 0.368 e. The maximum Gasteiger partial charge on any atom is 0.368 e. The molecular formula is C9H8ClNO2. The molecule has 1 aromatic rings. The van der Waals surface area contributed by atoms with Gasteiger partial charge in [-0.25, -0.2) is 9.79 Å². The van der Waals surface area contributed by atoms with Gasteiger partial charge in [0.25, 0.3) is 0 Å². The Labute approximate surface area is 81.0 Å². The Bertz CT molecular complexity index is 322. The second kappa shape index (κ2) is 4.62. The predicted molar refractivity (Wildman–Crippen MR) is 51.4 cm³/mol. The van der Waals surface area contributed by atoms with Crippen LogP contribution < -0.4 is 0 Å². The number of methoxy groups -OCH3 is 1. The fraction of sp³-hybridized carbons (Fsp3) is 0.111.